The third kappa shape index (κ3) is 6.23. The number of hydrogen-bond donors (Lipinski definition) is 1. The van der Waals surface area contributed by atoms with Gasteiger partial charge in [0, 0.05) is 45.6 Å². The van der Waals surface area contributed by atoms with Gasteiger partial charge >= 0.3 is 0 Å². The molecule has 0 unspecified atom stereocenters. The van der Waals surface area contributed by atoms with Crippen LogP contribution in [0.5, 0.6) is 0 Å². The highest BCUT2D eigenvalue weighted by Crippen LogP contribution is 2.25. The minimum Gasteiger partial charge on any atom is -0.366 e. The van der Waals surface area contributed by atoms with Crippen LogP contribution in [0, 0.1) is 0 Å². The van der Waals surface area contributed by atoms with E-state index in [2.05, 4.69) is 43.0 Å². The largest absolute Gasteiger partial charge is 0.366 e. The minimum absolute atomic E-state index is 0.374. The summed E-state index contributed by atoms with van der Waals surface area (Å²) >= 11 is 1.77. The van der Waals surface area contributed by atoms with Gasteiger partial charge in [-0.05, 0) is 37.3 Å². The Morgan fingerprint density at radius 3 is 2.52 bits per heavy atom. The molecule has 0 saturated heterocycles. The van der Waals surface area contributed by atoms with E-state index in [-0.39, 0.29) is 0 Å². The first-order chi connectivity index (χ1) is 11.0. The number of pyridine rings is 1. The van der Waals surface area contributed by atoms with Gasteiger partial charge in [-0.15, -0.1) is 11.8 Å². The first-order valence-electron chi connectivity index (χ1n) is 7.87. The van der Waals surface area contributed by atoms with Gasteiger partial charge in [-0.1, -0.05) is 6.92 Å². The molecule has 128 valence electrons. The molecule has 1 rings (SSSR count). The number of likely N-dealkylation sites (N-methyl/N-ethyl adjacent to an activating group) is 1. The van der Waals surface area contributed by atoms with Gasteiger partial charge in [-0.2, -0.15) is 0 Å². The summed E-state index contributed by atoms with van der Waals surface area (Å²) in [6.07, 6.45) is 4.44. The van der Waals surface area contributed by atoms with Crippen molar-refractivity contribution in [2.75, 3.05) is 26.4 Å². The number of amides is 1. The quantitative estimate of drug-likeness (QED) is 0.665. The van der Waals surface area contributed by atoms with Gasteiger partial charge in [0.1, 0.15) is 0 Å². The molecule has 1 N–H and O–H groups in total. The van der Waals surface area contributed by atoms with Gasteiger partial charge < -0.3 is 15.1 Å². The number of thioether (sulfide) groups is 1. The number of carbonyl (C=O) groups is 1. The van der Waals surface area contributed by atoms with Crippen LogP contribution < -0.4 is 5.32 Å². The molecule has 0 atom stereocenters. The Hall–Kier alpha value is -1.53. The maximum absolute atomic E-state index is 11.3. The fraction of sp³-hybridized carbons (Fsp3) is 0.529. The lowest BCUT2D eigenvalue weighted by Gasteiger charge is -2.31. The summed E-state index contributed by atoms with van der Waals surface area (Å²) in [6, 6.07) is 4.35. The normalized spacial score (nSPS) is 12.1. The van der Waals surface area contributed by atoms with E-state index in [4.69, 9.17) is 0 Å². The van der Waals surface area contributed by atoms with E-state index < -0.39 is 0 Å². The zero-order chi connectivity index (χ0) is 17.2. The Balaban J connectivity index is 2.91. The van der Waals surface area contributed by atoms with E-state index in [0.29, 0.717) is 12.6 Å². The molecular formula is C17H28N4OS. The van der Waals surface area contributed by atoms with E-state index in [1.54, 1.807) is 36.1 Å². The number of nitrogens with one attached hydrogen (secondary N) is 1. The second-order valence-electron chi connectivity index (χ2n) is 5.56. The van der Waals surface area contributed by atoms with Gasteiger partial charge in [0.05, 0.1) is 10.7 Å². The highest BCUT2D eigenvalue weighted by molar-refractivity contribution is 8.02. The molecule has 23 heavy (non-hydrogen) atoms. The summed E-state index contributed by atoms with van der Waals surface area (Å²) in [5.41, 5.74) is 2.17. The molecule has 6 heteroatoms. The van der Waals surface area contributed by atoms with Crippen molar-refractivity contribution >= 4 is 18.2 Å². The van der Waals surface area contributed by atoms with Crippen molar-refractivity contribution in [3.05, 3.63) is 40.8 Å². The van der Waals surface area contributed by atoms with Crippen LogP contribution in [0.2, 0.25) is 0 Å². The first-order valence-corrected chi connectivity index (χ1v) is 8.86. The molecule has 1 aromatic heterocycles. The predicted molar refractivity (Wildman–Crippen MR) is 97.8 cm³/mol. The van der Waals surface area contributed by atoms with Crippen molar-refractivity contribution in [1.29, 1.82) is 0 Å². The monoisotopic (exact) mass is 336 g/mol. The molecule has 0 fully saturated rings. The Labute approximate surface area is 144 Å². The zero-order valence-electron chi connectivity index (χ0n) is 14.7. The average Bonchev–Trinajstić information content (AvgIpc) is 2.56. The van der Waals surface area contributed by atoms with Crippen LogP contribution in [0.4, 0.5) is 0 Å². The number of hydrogen-bond acceptors (Lipinski definition) is 5. The molecule has 1 amide bonds. The summed E-state index contributed by atoms with van der Waals surface area (Å²) in [5.74, 6) is 0.965. The van der Waals surface area contributed by atoms with Crippen LogP contribution in [0.3, 0.4) is 0 Å². The first kappa shape index (κ1) is 19.5. The molecule has 1 heterocycles. The van der Waals surface area contributed by atoms with Crippen LogP contribution >= 0.6 is 11.8 Å². The van der Waals surface area contributed by atoms with E-state index in [1.165, 1.54) is 5.56 Å². The molecule has 0 saturated carbocycles. The third-order valence-corrected chi connectivity index (χ3v) is 4.66. The summed E-state index contributed by atoms with van der Waals surface area (Å²) in [6.45, 7) is 7.81. The highest BCUT2D eigenvalue weighted by Gasteiger charge is 2.17. The Morgan fingerprint density at radius 2 is 2.00 bits per heavy atom. The Kier molecular flexibility index (Phi) is 8.73. The molecule has 0 spiro atoms. The van der Waals surface area contributed by atoms with Gasteiger partial charge in [0.2, 0.25) is 6.41 Å². The van der Waals surface area contributed by atoms with Crippen molar-refractivity contribution in [2.24, 2.45) is 0 Å². The Bertz CT molecular complexity index is 505. The SMILES string of the molecule is CCS/C(=C(\CNCc1ccncc1)N(C)C=O)N(C)C(C)C. The molecular weight excluding hydrogens is 308 g/mol. The summed E-state index contributed by atoms with van der Waals surface area (Å²) in [7, 11) is 3.88. The lowest BCUT2D eigenvalue weighted by atomic mass is 10.2. The number of nitrogens with zero attached hydrogens (tertiary/aromatic N) is 3. The van der Waals surface area contributed by atoms with Gasteiger partial charge in [0.15, 0.2) is 0 Å². The minimum atomic E-state index is 0.374. The zero-order valence-corrected chi connectivity index (χ0v) is 15.6. The maximum atomic E-state index is 11.3. The molecule has 0 aliphatic carbocycles. The van der Waals surface area contributed by atoms with E-state index in [1.807, 2.05) is 12.1 Å². The Morgan fingerprint density at radius 1 is 1.35 bits per heavy atom. The van der Waals surface area contributed by atoms with Crippen LogP contribution in [0.1, 0.15) is 26.3 Å². The maximum Gasteiger partial charge on any atom is 0.213 e. The standard InChI is InChI=1S/C17H28N4OS/c1-6-23-17(21(5)14(2)3)16(20(4)13-22)12-19-11-15-7-9-18-10-8-15/h7-10,13-14,19H,6,11-12H2,1-5H3/b17-16+. The van der Waals surface area contributed by atoms with E-state index in [0.717, 1.165) is 29.4 Å². The molecule has 0 radical (unpaired) electrons. The lowest BCUT2D eigenvalue weighted by molar-refractivity contribution is -0.115. The topological polar surface area (TPSA) is 48.5 Å². The van der Waals surface area contributed by atoms with E-state index >= 15 is 0 Å². The molecule has 0 bridgehead atoms. The average molecular weight is 337 g/mol. The second-order valence-corrected chi connectivity index (χ2v) is 6.82. The summed E-state index contributed by atoms with van der Waals surface area (Å²) < 4.78 is 0. The molecule has 0 aliphatic heterocycles. The summed E-state index contributed by atoms with van der Waals surface area (Å²) in [5, 5.41) is 4.56. The molecule has 5 nitrogen and oxygen atoms in total. The third-order valence-electron chi connectivity index (χ3n) is 3.58. The van der Waals surface area contributed by atoms with Crippen molar-refractivity contribution in [3.63, 3.8) is 0 Å². The summed E-state index contributed by atoms with van der Waals surface area (Å²) in [4.78, 5) is 19.2. The smallest absolute Gasteiger partial charge is 0.213 e. The molecule has 0 aliphatic rings. The fourth-order valence-electron chi connectivity index (χ4n) is 2.00. The lowest BCUT2D eigenvalue weighted by Crippen LogP contribution is -2.33. The molecule has 0 aromatic carbocycles. The molecule has 1 aromatic rings. The van der Waals surface area contributed by atoms with Crippen LogP contribution in [-0.2, 0) is 11.3 Å². The number of rotatable bonds is 10. The van der Waals surface area contributed by atoms with Crippen LogP contribution in [0.15, 0.2) is 35.3 Å². The highest BCUT2D eigenvalue weighted by atomic mass is 32.2. The fourth-order valence-corrected chi connectivity index (χ4v) is 3.07. The predicted octanol–water partition coefficient (Wildman–Crippen LogP) is 2.52. The van der Waals surface area contributed by atoms with Gasteiger partial charge in [0.25, 0.3) is 0 Å². The van der Waals surface area contributed by atoms with Gasteiger partial charge in [-0.25, -0.2) is 0 Å². The van der Waals surface area contributed by atoms with Crippen LogP contribution in [0.25, 0.3) is 0 Å². The van der Waals surface area contributed by atoms with Crippen molar-refractivity contribution in [3.8, 4) is 0 Å². The second kappa shape index (κ2) is 10.3. The van der Waals surface area contributed by atoms with E-state index in [9.17, 15) is 4.79 Å². The van der Waals surface area contributed by atoms with Crippen molar-refractivity contribution in [2.45, 2.75) is 33.4 Å². The van der Waals surface area contributed by atoms with Crippen molar-refractivity contribution in [1.82, 2.24) is 20.1 Å². The number of aromatic nitrogens is 1. The van der Waals surface area contributed by atoms with Crippen molar-refractivity contribution < 1.29 is 4.79 Å². The number of carbonyl (C=O) groups excluding carboxylic acids is 1. The van der Waals surface area contributed by atoms with Crippen LogP contribution in [-0.4, -0.2) is 53.6 Å². The van der Waals surface area contributed by atoms with Gasteiger partial charge in [-0.3, -0.25) is 9.78 Å².